The molecular weight excluding hydrogens is 236 g/mol. The van der Waals surface area contributed by atoms with Crippen molar-refractivity contribution in [1.29, 1.82) is 0 Å². The lowest BCUT2D eigenvalue weighted by atomic mass is 10.0. The largest absolute Gasteiger partial charge is 0.491 e. The summed E-state index contributed by atoms with van der Waals surface area (Å²) >= 11 is 0. The van der Waals surface area contributed by atoms with Gasteiger partial charge in [-0.3, -0.25) is 0 Å². The Labute approximate surface area is 114 Å². The van der Waals surface area contributed by atoms with Gasteiger partial charge in [0.15, 0.2) is 0 Å². The first-order chi connectivity index (χ1) is 9.16. The van der Waals surface area contributed by atoms with Gasteiger partial charge in [-0.1, -0.05) is 48.5 Å². The molecule has 0 saturated carbocycles. The Hall–Kier alpha value is -1.80. The molecule has 0 aliphatic rings. The van der Waals surface area contributed by atoms with Crippen molar-refractivity contribution in [3.8, 4) is 5.75 Å². The summed E-state index contributed by atoms with van der Waals surface area (Å²) in [6.45, 7) is 3.97. The van der Waals surface area contributed by atoms with Gasteiger partial charge in [0.2, 0.25) is 0 Å². The molecule has 100 valence electrons. The fourth-order valence-electron chi connectivity index (χ4n) is 2.06. The topological polar surface area (TPSA) is 29.5 Å². The second kappa shape index (κ2) is 6.39. The Kier molecular flexibility index (Phi) is 4.58. The molecule has 1 atom stereocenters. The molecule has 2 aromatic rings. The monoisotopic (exact) mass is 256 g/mol. The summed E-state index contributed by atoms with van der Waals surface area (Å²) in [6, 6.07) is 17.7. The van der Waals surface area contributed by atoms with Crippen LogP contribution in [0.1, 0.15) is 31.1 Å². The van der Waals surface area contributed by atoms with Gasteiger partial charge in [0, 0.05) is 12.0 Å². The third-order valence-corrected chi connectivity index (χ3v) is 2.91. The maximum Gasteiger partial charge on any atom is 0.125 e. The van der Waals surface area contributed by atoms with E-state index in [0.717, 1.165) is 16.9 Å². The van der Waals surface area contributed by atoms with Crippen LogP contribution in [0.5, 0.6) is 5.75 Å². The lowest BCUT2D eigenvalue weighted by molar-refractivity contribution is 0.166. The van der Waals surface area contributed by atoms with Crippen molar-refractivity contribution < 1.29 is 9.84 Å². The minimum atomic E-state index is -0.544. The van der Waals surface area contributed by atoms with Crippen molar-refractivity contribution in [3.63, 3.8) is 0 Å². The minimum Gasteiger partial charge on any atom is -0.491 e. The third-order valence-electron chi connectivity index (χ3n) is 2.91. The van der Waals surface area contributed by atoms with E-state index in [9.17, 15) is 5.11 Å². The highest BCUT2D eigenvalue weighted by molar-refractivity contribution is 5.36. The number of benzene rings is 2. The van der Waals surface area contributed by atoms with E-state index in [1.54, 1.807) is 0 Å². The molecule has 0 spiro atoms. The number of aliphatic hydroxyl groups excluding tert-OH is 1. The molecule has 2 aromatic carbocycles. The van der Waals surface area contributed by atoms with Crippen LogP contribution in [0.4, 0.5) is 0 Å². The molecule has 2 heteroatoms. The molecule has 0 aliphatic carbocycles. The number of rotatable bonds is 5. The standard InChI is InChI=1S/C17H20O2/c1-13(2)19-17-11-7-6-10-15(17)16(18)12-14-8-4-3-5-9-14/h3-11,13,16,18H,12H2,1-2H3. The molecular formula is C17H20O2. The van der Waals surface area contributed by atoms with Gasteiger partial charge >= 0.3 is 0 Å². The fourth-order valence-corrected chi connectivity index (χ4v) is 2.06. The lowest BCUT2D eigenvalue weighted by Crippen LogP contribution is -2.10. The fraction of sp³-hybridized carbons (Fsp3) is 0.294. The summed E-state index contributed by atoms with van der Waals surface area (Å²) in [5, 5.41) is 10.4. The first-order valence-electron chi connectivity index (χ1n) is 6.64. The SMILES string of the molecule is CC(C)Oc1ccccc1C(O)Cc1ccccc1. The van der Waals surface area contributed by atoms with Crippen LogP contribution in [0.2, 0.25) is 0 Å². The maximum atomic E-state index is 10.4. The van der Waals surface area contributed by atoms with E-state index in [1.807, 2.05) is 68.4 Å². The Morgan fingerprint density at radius 3 is 2.26 bits per heavy atom. The van der Waals surface area contributed by atoms with Crippen molar-refractivity contribution >= 4 is 0 Å². The van der Waals surface area contributed by atoms with Crippen molar-refractivity contribution in [3.05, 3.63) is 65.7 Å². The summed E-state index contributed by atoms with van der Waals surface area (Å²) < 4.78 is 5.74. The van der Waals surface area contributed by atoms with Crippen LogP contribution in [-0.4, -0.2) is 11.2 Å². The normalized spacial score (nSPS) is 12.4. The summed E-state index contributed by atoms with van der Waals surface area (Å²) in [6.07, 6.45) is 0.154. The van der Waals surface area contributed by atoms with Crippen LogP contribution >= 0.6 is 0 Å². The average Bonchev–Trinajstić information content (AvgIpc) is 2.39. The molecule has 0 aliphatic heterocycles. The highest BCUT2D eigenvalue weighted by Gasteiger charge is 2.14. The van der Waals surface area contributed by atoms with Gasteiger partial charge in [-0.05, 0) is 25.5 Å². The molecule has 0 aromatic heterocycles. The molecule has 0 bridgehead atoms. The minimum absolute atomic E-state index is 0.102. The number of hydrogen-bond acceptors (Lipinski definition) is 2. The molecule has 0 fully saturated rings. The van der Waals surface area contributed by atoms with E-state index in [4.69, 9.17) is 4.74 Å². The van der Waals surface area contributed by atoms with Gasteiger partial charge in [0.1, 0.15) is 5.75 Å². The maximum absolute atomic E-state index is 10.4. The summed E-state index contributed by atoms with van der Waals surface area (Å²) in [4.78, 5) is 0. The highest BCUT2D eigenvalue weighted by atomic mass is 16.5. The van der Waals surface area contributed by atoms with Gasteiger partial charge in [-0.25, -0.2) is 0 Å². The van der Waals surface area contributed by atoms with E-state index >= 15 is 0 Å². The van der Waals surface area contributed by atoms with Gasteiger partial charge < -0.3 is 9.84 Å². The van der Waals surface area contributed by atoms with Gasteiger partial charge in [0.25, 0.3) is 0 Å². The molecule has 0 heterocycles. The smallest absolute Gasteiger partial charge is 0.125 e. The number of para-hydroxylation sites is 1. The van der Waals surface area contributed by atoms with Gasteiger partial charge in [-0.2, -0.15) is 0 Å². The summed E-state index contributed by atoms with van der Waals surface area (Å²) in [5.74, 6) is 0.765. The predicted molar refractivity (Wildman–Crippen MR) is 77.3 cm³/mol. The Bertz CT molecular complexity index is 506. The molecule has 0 amide bonds. The van der Waals surface area contributed by atoms with Crippen LogP contribution in [0.15, 0.2) is 54.6 Å². The first kappa shape index (κ1) is 13.6. The van der Waals surface area contributed by atoms with E-state index in [1.165, 1.54) is 0 Å². The van der Waals surface area contributed by atoms with E-state index < -0.39 is 6.10 Å². The Morgan fingerprint density at radius 2 is 1.58 bits per heavy atom. The summed E-state index contributed by atoms with van der Waals surface area (Å²) in [5.41, 5.74) is 1.97. The lowest BCUT2D eigenvalue weighted by Gasteiger charge is -2.18. The highest BCUT2D eigenvalue weighted by Crippen LogP contribution is 2.28. The molecule has 1 unspecified atom stereocenters. The number of hydrogen-bond donors (Lipinski definition) is 1. The molecule has 2 rings (SSSR count). The van der Waals surface area contributed by atoms with Crippen molar-refractivity contribution in [2.24, 2.45) is 0 Å². The number of ether oxygens (including phenoxy) is 1. The predicted octanol–water partition coefficient (Wildman–Crippen LogP) is 3.75. The average molecular weight is 256 g/mol. The van der Waals surface area contributed by atoms with Crippen molar-refractivity contribution in [2.75, 3.05) is 0 Å². The van der Waals surface area contributed by atoms with Crippen LogP contribution in [0.25, 0.3) is 0 Å². The second-order valence-corrected chi connectivity index (χ2v) is 4.91. The van der Waals surface area contributed by atoms with Crippen LogP contribution in [0.3, 0.4) is 0 Å². The zero-order chi connectivity index (χ0) is 13.7. The molecule has 19 heavy (non-hydrogen) atoms. The summed E-state index contributed by atoms with van der Waals surface area (Å²) in [7, 11) is 0. The van der Waals surface area contributed by atoms with Gasteiger partial charge in [-0.15, -0.1) is 0 Å². The van der Waals surface area contributed by atoms with E-state index in [-0.39, 0.29) is 6.10 Å². The molecule has 2 nitrogen and oxygen atoms in total. The van der Waals surface area contributed by atoms with Crippen molar-refractivity contribution in [1.82, 2.24) is 0 Å². The zero-order valence-corrected chi connectivity index (χ0v) is 11.4. The van der Waals surface area contributed by atoms with E-state index in [2.05, 4.69) is 0 Å². The van der Waals surface area contributed by atoms with Crippen LogP contribution in [-0.2, 0) is 6.42 Å². The molecule has 1 N–H and O–H groups in total. The second-order valence-electron chi connectivity index (χ2n) is 4.91. The molecule has 0 radical (unpaired) electrons. The Morgan fingerprint density at radius 1 is 0.947 bits per heavy atom. The van der Waals surface area contributed by atoms with Crippen LogP contribution < -0.4 is 4.74 Å². The zero-order valence-electron chi connectivity index (χ0n) is 11.4. The van der Waals surface area contributed by atoms with Crippen molar-refractivity contribution in [2.45, 2.75) is 32.5 Å². The van der Waals surface area contributed by atoms with E-state index in [0.29, 0.717) is 6.42 Å². The van der Waals surface area contributed by atoms with Gasteiger partial charge in [0.05, 0.1) is 12.2 Å². The van der Waals surface area contributed by atoms with Crippen LogP contribution in [0, 0.1) is 0 Å². The molecule has 0 saturated heterocycles. The third kappa shape index (κ3) is 3.83. The first-order valence-corrected chi connectivity index (χ1v) is 6.64. The number of aliphatic hydroxyl groups is 1. The quantitative estimate of drug-likeness (QED) is 0.882. The Balaban J connectivity index is 2.16.